The van der Waals surface area contributed by atoms with Crippen LogP contribution in [0.2, 0.25) is 0 Å². The van der Waals surface area contributed by atoms with Crippen molar-refractivity contribution in [2.45, 2.75) is 6.54 Å². The van der Waals surface area contributed by atoms with Gasteiger partial charge in [-0.2, -0.15) is 0 Å². The summed E-state index contributed by atoms with van der Waals surface area (Å²) in [7, 11) is 0. The third-order valence-electron chi connectivity index (χ3n) is 3.72. The molecule has 132 valence electrons. The zero-order valence-electron chi connectivity index (χ0n) is 13.6. The lowest BCUT2D eigenvalue weighted by Crippen LogP contribution is -2.27. The number of carbonyl (C=O) groups is 3. The zero-order chi connectivity index (χ0) is 18.5. The van der Waals surface area contributed by atoms with E-state index in [1.54, 1.807) is 30.3 Å². The maximum atomic E-state index is 12.0. The van der Waals surface area contributed by atoms with E-state index in [9.17, 15) is 14.4 Å². The van der Waals surface area contributed by atoms with Crippen LogP contribution < -0.4 is 5.32 Å². The summed E-state index contributed by atoms with van der Waals surface area (Å²) in [5.74, 6) is -0.207. The minimum atomic E-state index is -0.241. The Morgan fingerprint density at radius 3 is 2.54 bits per heavy atom. The summed E-state index contributed by atoms with van der Waals surface area (Å²) in [4.78, 5) is 36.5. The highest BCUT2D eigenvalue weighted by Crippen LogP contribution is 2.22. The molecule has 7 heteroatoms. The van der Waals surface area contributed by atoms with Gasteiger partial charge in [-0.05, 0) is 35.4 Å². The van der Waals surface area contributed by atoms with Crippen LogP contribution in [-0.4, -0.2) is 27.7 Å². The molecule has 1 saturated heterocycles. The van der Waals surface area contributed by atoms with Crippen LogP contribution in [0.3, 0.4) is 0 Å². The second-order valence-corrected chi connectivity index (χ2v) is 7.36. The molecule has 0 unspecified atom stereocenters. The van der Waals surface area contributed by atoms with Crippen LogP contribution in [0.4, 0.5) is 10.5 Å². The Balaban J connectivity index is 1.59. The fraction of sp³-hybridized carbons (Fsp3) is 0.105. The van der Waals surface area contributed by atoms with E-state index in [0.29, 0.717) is 5.69 Å². The third-order valence-corrected chi connectivity index (χ3v) is 5.30. The first-order valence-electron chi connectivity index (χ1n) is 7.82. The molecule has 0 aromatic heterocycles. The molecule has 1 aliphatic heterocycles. The first-order chi connectivity index (χ1) is 12.5. The summed E-state index contributed by atoms with van der Waals surface area (Å²) in [6.45, 7) is 0.251. The molecule has 5 nitrogen and oxygen atoms in total. The van der Waals surface area contributed by atoms with Gasteiger partial charge in [-0.25, -0.2) is 0 Å². The van der Waals surface area contributed by atoms with E-state index >= 15 is 0 Å². The van der Waals surface area contributed by atoms with Crippen molar-refractivity contribution in [3.8, 4) is 0 Å². The Bertz CT molecular complexity index is 865. The molecule has 1 N–H and O–H groups in total. The molecule has 3 rings (SSSR count). The van der Waals surface area contributed by atoms with Gasteiger partial charge in [0.15, 0.2) is 0 Å². The fourth-order valence-corrected chi connectivity index (χ4v) is 3.51. The highest BCUT2D eigenvalue weighted by atomic mass is 79.9. The van der Waals surface area contributed by atoms with Gasteiger partial charge in [0.05, 0.1) is 12.3 Å². The van der Waals surface area contributed by atoms with Crippen molar-refractivity contribution in [3.63, 3.8) is 0 Å². The quantitative estimate of drug-likeness (QED) is 0.718. The van der Waals surface area contributed by atoms with Crippen LogP contribution in [0.1, 0.15) is 11.1 Å². The number of anilines is 1. The number of nitrogens with one attached hydrogen (secondary N) is 1. The molecule has 0 radical (unpaired) electrons. The summed E-state index contributed by atoms with van der Waals surface area (Å²) in [6, 6.07) is 14.7. The van der Waals surface area contributed by atoms with E-state index in [-0.39, 0.29) is 29.4 Å². The van der Waals surface area contributed by atoms with Gasteiger partial charge in [0, 0.05) is 16.2 Å². The normalized spacial score (nSPS) is 14.3. The lowest BCUT2D eigenvalue weighted by molar-refractivity contribution is -0.125. The largest absolute Gasteiger partial charge is 0.323 e. The summed E-state index contributed by atoms with van der Waals surface area (Å²) in [5.41, 5.74) is 2.38. The van der Waals surface area contributed by atoms with Crippen molar-refractivity contribution >= 4 is 56.5 Å². The molecule has 1 aliphatic rings. The highest BCUT2D eigenvalue weighted by Gasteiger charge is 2.29. The van der Waals surface area contributed by atoms with Gasteiger partial charge in [0.1, 0.15) is 0 Å². The lowest BCUT2D eigenvalue weighted by Gasteiger charge is -2.13. The first kappa shape index (κ1) is 18.4. The molecule has 1 fully saturated rings. The average molecular weight is 431 g/mol. The van der Waals surface area contributed by atoms with Crippen LogP contribution in [0.5, 0.6) is 0 Å². The summed E-state index contributed by atoms with van der Waals surface area (Å²) in [5, 5.41) is 2.56. The summed E-state index contributed by atoms with van der Waals surface area (Å²) in [6.07, 6.45) is 3.20. The van der Waals surface area contributed by atoms with Crippen LogP contribution >= 0.6 is 27.7 Å². The topological polar surface area (TPSA) is 66.5 Å². The van der Waals surface area contributed by atoms with E-state index in [2.05, 4.69) is 21.2 Å². The van der Waals surface area contributed by atoms with E-state index in [0.717, 1.165) is 27.4 Å². The Hall–Kier alpha value is -2.38. The molecular weight excluding hydrogens is 416 g/mol. The molecule has 1 heterocycles. The number of hydrogen-bond acceptors (Lipinski definition) is 4. The second kappa shape index (κ2) is 8.33. The molecule has 0 spiro atoms. The number of carbonyl (C=O) groups excluding carboxylic acids is 3. The molecule has 2 aromatic rings. The Morgan fingerprint density at radius 1 is 1.15 bits per heavy atom. The zero-order valence-corrected chi connectivity index (χ0v) is 16.0. The lowest BCUT2D eigenvalue weighted by atomic mass is 10.2. The van der Waals surface area contributed by atoms with E-state index in [4.69, 9.17) is 0 Å². The minimum Gasteiger partial charge on any atom is -0.323 e. The smallest absolute Gasteiger partial charge is 0.289 e. The average Bonchev–Trinajstić information content (AvgIpc) is 2.94. The van der Waals surface area contributed by atoms with E-state index in [1.807, 2.05) is 24.3 Å². The van der Waals surface area contributed by atoms with Gasteiger partial charge < -0.3 is 5.32 Å². The van der Waals surface area contributed by atoms with E-state index in [1.165, 1.54) is 11.0 Å². The van der Waals surface area contributed by atoms with Gasteiger partial charge in [0.25, 0.3) is 5.24 Å². The Labute approximate surface area is 163 Å². The molecule has 0 saturated carbocycles. The summed E-state index contributed by atoms with van der Waals surface area (Å²) < 4.78 is 0.914. The van der Waals surface area contributed by atoms with Crippen LogP contribution in [0.25, 0.3) is 6.08 Å². The monoisotopic (exact) mass is 430 g/mol. The maximum absolute atomic E-state index is 12.0. The highest BCUT2D eigenvalue weighted by molar-refractivity contribution is 9.10. The number of imide groups is 1. The van der Waals surface area contributed by atoms with Crippen molar-refractivity contribution in [1.82, 2.24) is 4.90 Å². The summed E-state index contributed by atoms with van der Waals surface area (Å²) >= 11 is 4.45. The van der Waals surface area contributed by atoms with Gasteiger partial charge in [0.2, 0.25) is 11.8 Å². The van der Waals surface area contributed by atoms with Gasteiger partial charge in [-0.3, -0.25) is 19.3 Å². The van der Waals surface area contributed by atoms with Gasteiger partial charge in [-0.1, -0.05) is 58.0 Å². The van der Waals surface area contributed by atoms with Crippen molar-refractivity contribution in [2.75, 3.05) is 11.1 Å². The predicted molar refractivity (Wildman–Crippen MR) is 107 cm³/mol. The Morgan fingerprint density at radius 2 is 1.88 bits per heavy atom. The maximum Gasteiger partial charge on any atom is 0.289 e. The minimum absolute atomic E-state index is 0.172. The van der Waals surface area contributed by atoms with Crippen LogP contribution in [0, 0.1) is 0 Å². The number of halogens is 1. The molecule has 26 heavy (non-hydrogen) atoms. The first-order valence-corrected chi connectivity index (χ1v) is 9.60. The number of rotatable bonds is 5. The number of benzene rings is 2. The van der Waals surface area contributed by atoms with Crippen molar-refractivity contribution < 1.29 is 14.4 Å². The number of nitrogens with zero attached hydrogens (tertiary/aromatic N) is 1. The SMILES string of the molecule is O=C(/C=C/c1ccccc1Br)Nc1ccc(CN2C(=O)CSC2=O)cc1. The molecular formula is C19H15BrN2O3S. The van der Waals surface area contributed by atoms with Crippen molar-refractivity contribution in [1.29, 1.82) is 0 Å². The molecule has 0 atom stereocenters. The third kappa shape index (κ3) is 4.62. The molecule has 0 bridgehead atoms. The number of hydrogen-bond donors (Lipinski definition) is 1. The standard InChI is InChI=1S/C19H15BrN2O3S/c20-16-4-2-1-3-14(16)7-10-17(23)21-15-8-5-13(6-9-15)11-22-18(24)12-26-19(22)25/h1-10H,11-12H2,(H,21,23)/b10-7+. The molecule has 0 aliphatic carbocycles. The predicted octanol–water partition coefficient (Wildman–Crippen LogP) is 4.30. The molecule has 3 amide bonds. The number of amides is 3. The van der Waals surface area contributed by atoms with Crippen LogP contribution in [-0.2, 0) is 16.1 Å². The van der Waals surface area contributed by atoms with E-state index < -0.39 is 0 Å². The van der Waals surface area contributed by atoms with Crippen LogP contribution in [0.15, 0.2) is 59.1 Å². The van der Waals surface area contributed by atoms with Crippen molar-refractivity contribution in [3.05, 3.63) is 70.2 Å². The fourth-order valence-electron chi connectivity index (χ4n) is 2.37. The van der Waals surface area contributed by atoms with Crippen molar-refractivity contribution in [2.24, 2.45) is 0 Å². The van der Waals surface area contributed by atoms with Gasteiger partial charge in [-0.15, -0.1) is 0 Å². The number of thioether (sulfide) groups is 1. The Kier molecular flexibility index (Phi) is 5.90. The van der Waals surface area contributed by atoms with Gasteiger partial charge >= 0.3 is 0 Å². The molecule has 2 aromatic carbocycles. The second-order valence-electron chi connectivity index (χ2n) is 5.58.